The maximum atomic E-state index is 12.3. The average molecular weight is 307 g/mol. The first-order valence-corrected chi connectivity index (χ1v) is 7.41. The van der Waals surface area contributed by atoms with Crippen molar-refractivity contribution in [1.82, 2.24) is 0 Å². The molecule has 0 aromatic heterocycles. The molecule has 0 spiro atoms. The monoisotopic (exact) mass is 307 g/mol. The second-order valence-corrected chi connectivity index (χ2v) is 6.09. The Labute approximate surface area is 121 Å². The Morgan fingerprint density at radius 1 is 1.19 bits per heavy atom. The number of nitro benzene ring substituents is 1. The predicted octanol–water partition coefficient (Wildman–Crippen LogP) is 2.29. The zero-order valence-corrected chi connectivity index (χ0v) is 11.9. The molecule has 0 atom stereocenters. The van der Waals surface area contributed by atoms with Crippen LogP contribution in [0, 0.1) is 17.0 Å². The van der Waals surface area contributed by atoms with Crippen LogP contribution in [0.25, 0.3) is 0 Å². The van der Waals surface area contributed by atoms with Gasteiger partial charge in [-0.3, -0.25) is 14.8 Å². The molecule has 0 amide bonds. The summed E-state index contributed by atoms with van der Waals surface area (Å²) >= 11 is 0. The summed E-state index contributed by atoms with van der Waals surface area (Å²) in [5.74, 6) is 0. The molecule has 3 N–H and O–H groups in total. The molecule has 7 nitrogen and oxygen atoms in total. The lowest BCUT2D eigenvalue weighted by molar-refractivity contribution is -0.385. The summed E-state index contributed by atoms with van der Waals surface area (Å²) in [5.41, 5.74) is 6.48. The quantitative estimate of drug-likeness (QED) is 0.511. The molecule has 0 saturated heterocycles. The van der Waals surface area contributed by atoms with E-state index in [1.807, 2.05) is 0 Å². The highest BCUT2D eigenvalue weighted by atomic mass is 32.2. The fraction of sp³-hybridized carbons (Fsp3) is 0.0769. The van der Waals surface area contributed by atoms with Crippen LogP contribution in [-0.2, 0) is 10.0 Å². The number of sulfonamides is 1. The Kier molecular flexibility index (Phi) is 3.81. The Bertz CT molecular complexity index is 803. The normalized spacial score (nSPS) is 11.1. The second kappa shape index (κ2) is 5.41. The van der Waals surface area contributed by atoms with Crippen molar-refractivity contribution in [1.29, 1.82) is 0 Å². The van der Waals surface area contributed by atoms with Gasteiger partial charge in [0.25, 0.3) is 15.7 Å². The van der Waals surface area contributed by atoms with Crippen molar-refractivity contribution in [3.8, 4) is 0 Å². The van der Waals surface area contributed by atoms with Gasteiger partial charge in [0, 0.05) is 17.8 Å². The van der Waals surface area contributed by atoms with E-state index in [2.05, 4.69) is 4.72 Å². The van der Waals surface area contributed by atoms with E-state index < -0.39 is 14.9 Å². The number of anilines is 2. The molecule has 2 aromatic rings. The molecule has 0 radical (unpaired) electrons. The van der Waals surface area contributed by atoms with Gasteiger partial charge in [-0.25, -0.2) is 8.42 Å². The SMILES string of the molecule is Cc1cc([N+](=O)[O-])ccc1S(=O)(=O)Nc1cccc(N)c1. The molecule has 0 saturated carbocycles. The van der Waals surface area contributed by atoms with E-state index in [0.29, 0.717) is 16.9 Å². The molecule has 2 aromatic carbocycles. The van der Waals surface area contributed by atoms with Gasteiger partial charge in [-0.05, 0) is 36.8 Å². The number of aryl methyl sites for hydroxylation is 1. The fourth-order valence-electron chi connectivity index (χ4n) is 1.86. The smallest absolute Gasteiger partial charge is 0.269 e. The van der Waals surface area contributed by atoms with Crippen LogP contribution in [-0.4, -0.2) is 13.3 Å². The number of nitrogens with one attached hydrogen (secondary N) is 1. The highest BCUT2D eigenvalue weighted by molar-refractivity contribution is 7.92. The van der Waals surface area contributed by atoms with E-state index >= 15 is 0 Å². The molecule has 21 heavy (non-hydrogen) atoms. The third-order valence-electron chi connectivity index (χ3n) is 2.80. The second-order valence-electron chi connectivity index (χ2n) is 4.44. The van der Waals surface area contributed by atoms with Crippen LogP contribution < -0.4 is 10.5 Å². The summed E-state index contributed by atoms with van der Waals surface area (Å²) in [5, 5.41) is 10.7. The third kappa shape index (κ3) is 3.29. The molecule has 110 valence electrons. The van der Waals surface area contributed by atoms with Crippen LogP contribution in [0.1, 0.15) is 5.56 Å². The molecule has 0 bridgehead atoms. The van der Waals surface area contributed by atoms with Crippen LogP contribution in [0.2, 0.25) is 0 Å². The average Bonchev–Trinajstić information content (AvgIpc) is 2.37. The van der Waals surface area contributed by atoms with Crippen molar-refractivity contribution in [2.24, 2.45) is 0 Å². The van der Waals surface area contributed by atoms with Crippen LogP contribution in [0.5, 0.6) is 0 Å². The molecule has 8 heteroatoms. The lowest BCUT2D eigenvalue weighted by atomic mass is 10.2. The van der Waals surface area contributed by atoms with Gasteiger partial charge < -0.3 is 5.73 Å². The number of nitrogen functional groups attached to an aromatic ring is 1. The highest BCUT2D eigenvalue weighted by Gasteiger charge is 2.19. The molecular weight excluding hydrogens is 294 g/mol. The number of nitrogens with zero attached hydrogens (tertiary/aromatic N) is 1. The standard InChI is InChI=1S/C13H13N3O4S/c1-9-7-12(16(17)18)5-6-13(9)21(19,20)15-11-4-2-3-10(14)8-11/h2-8,15H,14H2,1H3. The minimum absolute atomic E-state index is 0.0180. The molecule has 0 aliphatic carbocycles. The number of benzene rings is 2. The molecule has 2 rings (SSSR count). The van der Waals surface area contributed by atoms with E-state index in [-0.39, 0.29) is 10.6 Å². The molecule has 0 aliphatic heterocycles. The number of nitrogens with two attached hydrogens (primary N) is 1. The lowest BCUT2D eigenvalue weighted by Gasteiger charge is -2.10. The van der Waals surface area contributed by atoms with Gasteiger partial charge in [0.1, 0.15) is 0 Å². The van der Waals surface area contributed by atoms with Crippen molar-refractivity contribution >= 4 is 27.1 Å². The predicted molar refractivity (Wildman–Crippen MR) is 79.5 cm³/mol. The van der Waals surface area contributed by atoms with Gasteiger partial charge in [-0.2, -0.15) is 0 Å². The summed E-state index contributed by atoms with van der Waals surface area (Å²) < 4.78 is 27.0. The number of rotatable bonds is 4. The van der Waals surface area contributed by atoms with Gasteiger partial charge in [0.05, 0.1) is 15.5 Å². The summed E-state index contributed by atoms with van der Waals surface area (Å²) in [6.07, 6.45) is 0. The van der Waals surface area contributed by atoms with Crippen molar-refractivity contribution in [2.75, 3.05) is 10.5 Å². The highest BCUT2D eigenvalue weighted by Crippen LogP contribution is 2.23. The molecule has 0 unspecified atom stereocenters. The van der Waals surface area contributed by atoms with Crippen molar-refractivity contribution in [3.63, 3.8) is 0 Å². The van der Waals surface area contributed by atoms with E-state index in [9.17, 15) is 18.5 Å². The van der Waals surface area contributed by atoms with Crippen LogP contribution in [0.4, 0.5) is 17.1 Å². The van der Waals surface area contributed by atoms with E-state index in [4.69, 9.17) is 5.73 Å². The van der Waals surface area contributed by atoms with Gasteiger partial charge in [0.2, 0.25) is 0 Å². The summed E-state index contributed by atoms with van der Waals surface area (Å²) in [6, 6.07) is 9.88. The Morgan fingerprint density at radius 3 is 2.48 bits per heavy atom. The van der Waals surface area contributed by atoms with Crippen molar-refractivity contribution in [3.05, 3.63) is 58.1 Å². The van der Waals surface area contributed by atoms with E-state index in [1.165, 1.54) is 25.1 Å². The van der Waals surface area contributed by atoms with Crippen molar-refractivity contribution < 1.29 is 13.3 Å². The largest absolute Gasteiger partial charge is 0.399 e. The van der Waals surface area contributed by atoms with E-state index in [1.54, 1.807) is 18.2 Å². The zero-order chi connectivity index (χ0) is 15.6. The lowest BCUT2D eigenvalue weighted by Crippen LogP contribution is -2.14. The van der Waals surface area contributed by atoms with Gasteiger partial charge >= 0.3 is 0 Å². The molecule has 0 fully saturated rings. The van der Waals surface area contributed by atoms with Gasteiger partial charge in [-0.15, -0.1) is 0 Å². The minimum Gasteiger partial charge on any atom is -0.399 e. The first-order valence-electron chi connectivity index (χ1n) is 5.93. The van der Waals surface area contributed by atoms with Crippen LogP contribution >= 0.6 is 0 Å². The maximum Gasteiger partial charge on any atom is 0.269 e. The fourth-order valence-corrected chi connectivity index (χ4v) is 3.14. The number of non-ortho nitro benzene ring substituents is 1. The zero-order valence-electron chi connectivity index (χ0n) is 11.1. The Hall–Kier alpha value is -2.61. The number of hydrogen-bond acceptors (Lipinski definition) is 5. The molecular formula is C13H13N3O4S. The topological polar surface area (TPSA) is 115 Å². The van der Waals surface area contributed by atoms with Gasteiger partial charge in [-0.1, -0.05) is 6.07 Å². The van der Waals surface area contributed by atoms with Crippen LogP contribution in [0.15, 0.2) is 47.4 Å². The first-order chi connectivity index (χ1) is 9.79. The minimum atomic E-state index is -3.83. The van der Waals surface area contributed by atoms with Crippen molar-refractivity contribution in [2.45, 2.75) is 11.8 Å². The van der Waals surface area contributed by atoms with Gasteiger partial charge in [0.15, 0.2) is 0 Å². The number of hydrogen-bond donors (Lipinski definition) is 2. The Morgan fingerprint density at radius 2 is 1.90 bits per heavy atom. The third-order valence-corrected chi connectivity index (χ3v) is 4.34. The summed E-state index contributed by atoms with van der Waals surface area (Å²) in [4.78, 5) is 10.1. The summed E-state index contributed by atoms with van der Waals surface area (Å²) in [6.45, 7) is 1.50. The maximum absolute atomic E-state index is 12.3. The molecule has 0 heterocycles. The molecule has 0 aliphatic rings. The number of nitro groups is 1. The summed E-state index contributed by atoms with van der Waals surface area (Å²) in [7, 11) is -3.83. The Balaban J connectivity index is 2.38. The van der Waals surface area contributed by atoms with E-state index in [0.717, 1.165) is 6.07 Å². The van der Waals surface area contributed by atoms with Crippen LogP contribution in [0.3, 0.4) is 0 Å². The first kappa shape index (κ1) is 14.8.